The molecule has 1 heterocycles. The molecule has 0 aliphatic carbocycles. The highest BCUT2D eigenvalue weighted by atomic mass is 16.6. The number of carbonyl (C=O) groups is 1. The van der Waals surface area contributed by atoms with E-state index < -0.39 is 13.1 Å². The Labute approximate surface area is 117 Å². The second-order valence-electron chi connectivity index (χ2n) is 4.65. The molecule has 0 saturated carbocycles. The van der Waals surface area contributed by atoms with E-state index in [9.17, 15) is 4.79 Å². The van der Waals surface area contributed by atoms with Crippen molar-refractivity contribution < 1.29 is 19.2 Å². The lowest BCUT2D eigenvalue weighted by atomic mass is 9.78. The molecule has 20 heavy (non-hydrogen) atoms. The van der Waals surface area contributed by atoms with Gasteiger partial charge in [0.15, 0.2) is 0 Å². The van der Waals surface area contributed by atoms with Crippen LogP contribution < -0.4 is 5.46 Å². The smallest absolute Gasteiger partial charge is 0.478 e. The number of carboxylic acid groups (broad SMARTS) is 1. The van der Waals surface area contributed by atoms with Crippen molar-refractivity contribution in [1.29, 1.82) is 0 Å². The molecule has 0 fully saturated rings. The van der Waals surface area contributed by atoms with Crippen LogP contribution in [0.4, 0.5) is 0 Å². The molecule has 5 heteroatoms. The van der Waals surface area contributed by atoms with Gasteiger partial charge in [0.25, 0.3) is 0 Å². The van der Waals surface area contributed by atoms with Crippen molar-refractivity contribution in [3.8, 4) is 0 Å². The van der Waals surface area contributed by atoms with Crippen molar-refractivity contribution in [1.82, 2.24) is 0 Å². The number of aromatic carboxylic acids is 1. The van der Waals surface area contributed by atoms with Crippen molar-refractivity contribution >= 4 is 18.6 Å². The lowest BCUT2D eigenvalue weighted by Crippen LogP contribution is -2.35. The summed E-state index contributed by atoms with van der Waals surface area (Å²) in [6, 6.07) is 14.6. The van der Waals surface area contributed by atoms with Crippen molar-refractivity contribution in [2.45, 2.75) is 13.2 Å². The van der Waals surface area contributed by atoms with E-state index in [0.717, 1.165) is 16.6 Å². The molecule has 0 aromatic heterocycles. The molecule has 1 aliphatic rings. The Morgan fingerprint density at radius 3 is 2.00 bits per heavy atom. The van der Waals surface area contributed by atoms with E-state index in [4.69, 9.17) is 14.4 Å². The Balaban J connectivity index is 1.78. The number of benzene rings is 2. The van der Waals surface area contributed by atoms with E-state index in [1.807, 2.05) is 24.3 Å². The molecule has 0 saturated heterocycles. The van der Waals surface area contributed by atoms with Crippen molar-refractivity contribution in [2.75, 3.05) is 0 Å². The predicted octanol–water partition coefficient (Wildman–Crippen LogP) is 1.83. The van der Waals surface area contributed by atoms with Gasteiger partial charge in [0.2, 0.25) is 0 Å². The summed E-state index contributed by atoms with van der Waals surface area (Å²) in [7, 11) is -0.467. The van der Waals surface area contributed by atoms with E-state index in [1.165, 1.54) is 0 Å². The fourth-order valence-corrected chi connectivity index (χ4v) is 2.19. The van der Waals surface area contributed by atoms with Crippen LogP contribution in [0, 0.1) is 0 Å². The van der Waals surface area contributed by atoms with Gasteiger partial charge in [-0.15, -0.1) is 0 Å². The summed E-state index contributed by atoms with van der Waals surface area (Å²) in [5, 5.41) is 8.89. The summed E-state index contributed by atoms with van der Waals surface area (Å²) >= 11 is 0. The molecule has 4 nitrogen and oxygen atoms in total. The van der Waals surface area contributed by atoms with Crippen molar-refractivity contribution in [3.63, 3.8) is 0 Å². The van der Waals surface area contributed by atoms with Crippen LogP contribution >= 0.6 is 0 Å². The zero-order valence-electron chi connectivity index (χ0n) is 10.8. The minimum atomic E-state index is -0.938. The monoisotopic (exact) mass is 268 g/mol. The van der Waals surface area contributed by atoms with Crippen LogP contribution in [0.3, 0.4) is 0 Å². The minimum Gasteiger partial charge on any atom is -0.478 e. The zero-order chi connectivity index (χ0) is 13.9. The van der Waals surface area contributed by atoms with Gasteiger partial charge in [-0.1, -0.05) is 36.4 Å². The van der Waals surface area contributed by atoms with E-state index in [0.29, 0.717) is 13.2 Å². The first-order chi connectivity index (χ1) is 9.74. The van der Waals surface area contributed by atoms with Gasteiger partial charge in [0.1, 0.15) is 0 Å². The fourth-order valence-electron chi connectivity index (χ4n) is 2.19. The molecular formula is C15H13BO4. The van der Waals surface area contributed by atoms with Crippen molar-refractivity contribution in [2.24, 2.45) is 0 Å². The van der Waals surface area contributed by atoms with E-state index >= 15 is 0 Å². The summed E-state index contributed by atoms with van der Waals surface area (Å²) in [6.07, 6.45) is 0. The molecule has 0 unspecified atom stereocenters. The first kappa shape index (κ1) is 12.9. The average Bonchev–Trinajstić information content (AvgIpc) is 2.70. The van der Waals surface area contributed by atoms with Gasteiger partial charge in [-0.05, 0) is 28.7 Å². The highest BCUT2D eigenvalue weighted by molar-refractivity contribution is 6.61. The van der Waals surface area contributed by atoms with E-state index in [2.05, 4.69) is 0 Å². The third-order valence-electron chi connectivity index (χ3n) is 3.33. The number of carboxylic acids is 1. The summed E-state index contributed by atoms with van der Waals surface area (Å²) in [5.41, 5.74) is 3.32. The second-order valence-corrected chi connectivity index (χ2v) is 4.65. The Morgan fingerprint density at radius 2 is 1.50 bits per heavy atom. The fraction of sp³-hybridized carbons (Fsp3) is 0.133. The molecular weight excluding hydrogens is 255 g/mol. The molecule has 1 N–H and O–H groups in total. The first-order valence-electron chi connectivity index (χ1n) is 6.37. The average molecular weight is 268 g/mol. The summed E-state index contributed by atoms with van der Waals surface area (Å²) < 4.78 is 11.5. The number of hydrogen-bond acceptors (Lipinski definition) is 3. The van der Waals surface area contributed by atoms with Crippen LogP contribution in [-0.2, 0) is 22.5 Å². The Morgan fingerprint density at radius 1 is 0.950 bits per heavy atom. The maximum absolute atomic E-state index is 10.8. The predicted molar refractivity (Wildman–Crippen MR) is 74.8 cm³/mol. The summed E-state index contributed by atoms with van der Waals surface area (Å²) in [6.45, 7) is 0.975. The Kier molecular flexibility index (Phi) is 3.54. The van der Waals surface area contributed by atoms with Gasteiger partial charge in [-0.2, -0.15) is 0 Å². The van der Waals surface area contributed by atoms with Crippen LogP contribution in [0.15, 0.2) is 48.5 Å². The number of hydrogen-bond donors (Lipinski definition) is 1. The molecule has 2 aromatic rings. The van der Waals surface area contributed by atoms with Gasteiger partial charge in [-0.3, -0.25) is 0 Å². The standard InChI is InChI=1S/C15H13BO4/c17-15(18)11-5-7-14(8-6-11)16-19-9-12-3-1-2-4-13(12)10-20-16/h1-8H,9-10H2,(H,17,18). The largest absolute Gasteiger partial charge is 0.494 e. The van der Waals surface area contributed by atoms with Gasteiger partial charge >= 0.3 is 13.1 Å². The lowest BCUT2D eigenvalue weighted by molar-refractivity contribution is 0.0697. The van der Waals surface area contributed by atoms with Crippen LogP contribution in [-0.4, -0.2) is 18.2 Å². The molecule has 1 aliphatic heterocycles. The van der Waals surface area contributed by atoms with Gasteiger partial charge in [0, 0.05) is 0 Å². The molecule has 3 rings (SSSR count). The molecule has 0 amide bonds. The van der Waals surface area contributed by atoms with Crippen LogP contribution in [0.25, 0.3) is 0 Å². The Bertz CT molecular complexity index is 597. The van der Waals surface area contributed by atoms with Gasteiger partial charge in [-0.25, -0.2) is 4.79 Å². The molecule has 100 valence electrons. The molecule has 0 bridgehead atoms. The quantitative estimate of drug-likeness (QED) is 0.844. The third kappa shape index (κ3) is 2.59. The third-order valence-corrected chi connectivity index (χ3v) is 3.33. The van der Waals surface area contributed by atoms with Gasteiger partial charge < -0.3 is 14.4 Å². The maximum Gasteiger partial charge on any atom is 0.494 e. The lowest BCUT2D eigenvalue weighted by Gasteiger charge is -2.10. The number of rotatable bonds is 2. The first-order valence-corrected chi connectivity index (χ1v) is 6.37. The molecule has 2 aromatic carbocycles. The van der Waals surface area contributed by atoms with E-state index in [-0.39, 0.29) is 5.56 Å². The van der Waals surface area contributed by atoms with Crippen LogP contribution in [0.2, 0.25) is 0 Å². The highest BCUT2D eigenvalue weighted by Crippen LogP contribution is 2.16. The molecule has 0 spiro atoms. The minimum absolute atomic E-state index is 0.255. The van der Waals surface area contributed by atoms with Crippen LogP contribution in [0.5, 0.6) is 0 Å². The number of fused-ring (bicyclic) bond motifs is 1. The van der Waals surface area contributed by atoms with Gasteiger partial charge in [0.05, 0.1) is 18.8 Å². The normalized spacial score (nSPS) is 14.5. The highest BCUT2D eigenvalue weighted by Gasteiger charge is 2.25. The van der Waals surface area contributed by atoms with Crippen LogP contribution in [0.1, 0.15) is 21.5 Å². The summed E-state index contributed by atoms with van der Waals surface area (Å²) in [5.74, 6) is -0.938. The SMILES string of the molecule is O=C(O)c1ccc(B2OCc3ccccc3CO2)cc1. The van der Waals surface area contributed by atoms with Crippen molar-refractivity contribution in [3.05, 3.63) is 65.2 Å². The van der Waals surface area contributed by atoms with E-state index in [1.54, 1.807) is 24.3 Å². The summed E-state index contributed by atoms with van der Waals surface area (Å²) in [4.78, 5) is 10.8. The topological polar surface area (TPSA) is 55.8 Å². The maximum atomic E-state index is 10.8. The molecule has 0 atom stereocenters. The zero-order valence-corrected chi connectivity index (χ0v) is 10.8. The molecule has 0 radical (unpaired) electrons. The second kappa shape index (κ2) is 5.49. The Hall–Kier alpha value is -2.11.